The fourth-order valence-electron chi connectivity index (χ4n) is 3.65. The van der Waals surface area contributed by atoms with E-state index in [1.165, 1.54) is 16.8 Å². The highest BCUT2D eigenvalue weighted by Crippen LogP contribution is 2.18. The van der Waals surface area contributed by atoms with Crippen LogP contribution in [0.1, 0.15) is 28.9 Å². The molecule has 1 fully saturated rings. The third-order valence-corrected chi connectivity index (χ3v) is 5.34. The zero-order chi connectivity index (χ0) is 19.2. The second-order valence-electron chi connectivity index (χ2n) is 7.28. The molecular weight excluding hydrogens is 465 g/mol. The van der Waals surface area contributed by atoms with E-state index in [1.54, 1.807) is 0 Å². The first kappa shape index (κ1) is 22.7. The topological polar surface area (TPSA) is 54.7 Å². The van der Waals surface area contributed by atoms with Gasteiger partial charge in [-0.15, -0.1) is 24.0 Å². The Morgan fingerprint density at radius 1 is 1.29 bits per heavy atom. The van der Waals surface area contributed by atoms with Crippen molar-refractivity contribution in [3.63, 3.8) is 0 Å². The summed E-state index contributed by atoms with van der Waals surface area (Å²) in [6, 6.07) is 10.4. The molecule has 2 heterocycles. The van der Waals surface area contributed by atoms with Crippen LogP contribution in [0.3, 0.4) is 0 Å². The monoisotopic (exact) mass is 497 g/mol. The number of guanidine groups is 1. The van der Waals surface area contributed by atoms with Gasteiger partial charge in [-0.05, 0) is 25.8 Å². The van der Waals surface area contributed by atoms with Gasteiger partial charge in [0, 0.05) is 50.9 Å². The Morgan fingerprint density at radius 2 is 2.04 bits per heavy atom. The molecule has 0 aliphatic carbocycles. The molecule has 1 aliphatic heterocycles. The predicted octanol–water partition coefficient (Wildman–Crippen LogP) is 3.27. The van der Waals surface area contributed by atoms with Gasteiger partial charge >= 0.3 is 0 Å². The van der Waals surface area contributed by atoms with Crippen LogP contribution in [0.15, 0.2) is 35.3 Å². The SMILES string of the molecule is CN=C(NCc1c(C)nn(C)c1C)N1CCC(COCc2ccccc2)C1.I. The number of hydrogen-bond donors (Lipinski definition) is 1. The Bertz CT molecular complexity index is 775. The molecule has 1 aromatic heterocycles. The lowest BCUT2D eigenvalue weighted by Gasteiger charge is -2.22. The van der Waals surface area contributed by atoms with E-state index in [0.717, 1.165) is 44.3 Å². The smallest absolute Gasteiger partial charge is 0.193 e. The van der Waals surface area contributed by atoms with Crippen molar-refractivity contribution in [2.45, 2.75) is 33.4 Å². The van der Waals surface area contributed by atoms with Crippen LogP contribution >= 0.6 is 24.0 Å². The number of nitrogens with one attached hydrogen (secondary N) is 1. The molecule has 7 heteroatoms. The van der Waals surface area contributed by atoms with Crippen molar-refractivity contribution in [1.82, 2.24) is 20.0 Å². The zero-order valence-electron chi connectivity index (χ0n) is 17.3. The Balaban J connectivity index is 0.00000280. The van der Waals surface area contributed by atoms with Gasteiger partial charge in [0.25, 0.3) is 0 Å². The van der Waals surface area contributed by atoms with E-state index in [-0.39, 0.29) is 24.0 Å². The van der Waals surface area contributed by atoms with Crippen molar-refractivity contribution in [3.05, 3.63) is 52.8 Å². The molecule has 0 bridgehead atoms. The molecule has 0 radical (unpaired) electrons. The number of likely N-dealkylation sites (tertiary alicyclic amines) is 1. The molecule has 0 spiro atoms. The summed E-state index contributed by atoms with van der Waals surface area (Å²) in [5.74, 6) is 1.51. The van der Waals surface area contributed by atoms with Crippen LogP contribution in [-0.4, -0.2) is 47.4 Å². The van der Waals surface area contributed by atoms with E-state index in [9.17, 15) is 0 Å². The molecule has 1 saturated heterocycles. The minimum atomic E-state index is 0. The molecule has 6 nitrogen and oxygen atoms in total. The van der Waals surface area contributed by atoms with E-state index < -0.39 is 0 Å². The Labute approximate surface area is 185 Å². The number of aryl methyl sites for hydroxylation is 2. The summed E-state index contributed by atoms with van der Waals surface area (Å²) in [4.78, 5) is 6.81. The van der Waals surface area contributed by atoms with Gasteiger partial charge in [-0.1, -0.05) is 30.3 Å². The van der Waals surface area contributed by atoms with E-state index >= 15 is 0 Å². The van der Waals surface area contributed by atoms with E-state index in [1.807, 2.05) is 24.8 Å². The Kier molecular flexibility index (Phi) is 8.75. The molecule has 1 unspecified atom stereocenters. The lowest BCUT2D eigenvalue weighted by molar-refractivity contribution is 0.0906. The normalized spacial score (nSPS) is 16.9. The summed E-state index contributed by atoms with van der Waals surface area (Å²) in [5, 5.41) is 8.00. The Morgan fingerprint density at radius 3 is 2.68 bits per heavy atom. The number of rotatable bonds is 6. The molecule has 1 N–H and O–H groups in total. The highest BCUT2D eigenvalue weighted by atomic mass is 127. The average molecular weight is 497 g/mol. The quantitative estimate of drug-likeness (QED) is 0.378. The van der Waals surface area contributed by atoms with E-state index in [2.05, 4.69) is 58.4 Å². The van der Waals surface area contributed by atoms with Crippen molar-refractivity contribution in [3.8, 4) is 0 Å². The van der Waals surface area contributed by atoms with Crippen LogP contribution in [0.25, 0.3) is 0 Å². The molecule has 2 aromatic rings. The number of halogens is 1. The van der Waals surface area contributed by atoms with Crippen molar-refractivity contribution in [2.75, 3.05) is 26.7 Å². The first-order chi connectivity index (χ1) is 13.1. The van der Waals surface area contributed by atoms with Gasteiger partial charge in [0.05, 0.1) is 18.9 Å². The van der Waals surface area contributed by atoms with Gasteiger partial charge in [-0.3, -0.25) is 9.67 Å². The zero-order valence-corrected chi connectivity index (χ0v) is 19.6. The highest BCUT2D eigenvalue weighted by Gasteiger charge is 2.25. The van der Waals surface area contributed by atoms with Gasteiger partial charge < -0.3 is 15.0 Å². The number of benzene rings is 1. The number of nitrogens with zero attached hydrogens (tertiary/aromatic N) is 4. The van der Waals surface area contributed by atoms with Crippen LogP contribution in [0.2, 0.25) is 0 Å². The standard InChI is InChI=1S/C21H31N5O.HI/c1-16-20(17(2)25(4)24-16)12-23-21(22-3)26-11-10-19(13-26)15-27-14-18-8-6-5-7-9-18;/h5-9,19H,10-15H2,1-4H3,(H,22,23);1H. The van der Waals surface area contributed by atoms with Crippen LogP contribution in [0, 0.1) is 19.8 Å². The summed E-state index contributed by atoms with van der Waals surface area (Å²) >= 11 is 0. The van der Waals surface area contributed by atoms with Gasteiger partial charge in [0.15, 0.2) is 5.96 Å². The second-order valence-corrected chi connectivity index (χ2v) is 7.28. The summed E-state index contributed by atoms with van der Waals surface area (Å²) < 4.78 is 7.87. The summed E-state index contributed by atoms with van der Waals surface area (Å²) in [6.07, 6.45) is 1.14. The minimum absolute atomic E-state index is 0. The summed E-state index contributed by atoms with van der Waals surface area (Å²) in [6.45, 7) is 8.40. The fourth-order valence-corrected chi connectivity index (χ4v) is 3.65. The van der Waals surface area contributed by atoms with Crippen molar-refractivity contribution < 1.29 is 4.74 Å². The van der Waals surface area contributed by atoms with Crippen LogP contribution < -0.4 is 5.32 Å². The third-order valence-electron chi connectivity index (χ3n) is 5.34. The lowest BCUT2D eigenvalue weighted by atomic mass is 10.1. The number of hydrogen-bond acceptors (Lipinski definition) is 3. The maximum absolute atomic E-state index is 5.93. The number of ether oxygens (including phenoxy) is 1. The third kappa shape index (κ3) is 5.70. The average Bonchev–Trinajstić information content (AvgIpc) is 3.23. The van der Waals surface area contributed by atoms with Gasteiger partial charge in [-0.2, -0.15) is 5.10 Å². The fraction of sp³-hybridized carbons (Fsp3) is 0.524. The maximum Gasteiger partial charge on any atom is 0.193 e. The van der Waals surface area contributed by atoms with Crippen molar-refractivity contribution in [1.29, 1.82) is 0 Å². The largest absolute Gasteiger partial charge is 0.376 e. The Hall–Kier alpha value is -1.61. The van der Waals surface area contributed by atoms with E-state index in [4.69, 9.17) is 4.74 Å². The molecule has 1 aliphatic rings. The van der Waals surface area contributed by atoms with Crippen LogP contribution in [0.4, 0.5) is 0 Å². The van der Waals surface area contributed by atoms with Crippen molar-refractivity contribution in [2.24, 2.45) is 18.0 Å². The highest BCUT2D eigenvalue weighted by molar-refractivity contribution is 14.0. The summed E-state index contributed by atoms with van der Waals surface area (Å²) in [5.41, 5.74) is 4.75. The van der Waals surface area contributed by atoms with Gasteiger partial charge in [0.2, 0.25) is 0 Å². The molecule has 1 atom stereocenters. The summed E-state index contributed by atoms with van der Waals surface area (Å²) in [7, 11) is 3.84. The second kappa shape index (κ2) is 10.8. The van der Waals surface area contributed by atoms with Gasteiger partial charge in [-0.25, -0.2) is 0 Å². The predicted molar refractivity (Wildman–Crippen MR) is 124 cm³/mol. The molecule has 28 heavy (non-hydrogen) atoms. The minimum Gasteiger partial charge on any atom is -0.376 e. The number of aliphatic imine (C=N–C) groups is 1. The van der Waals surface area contributed by atoms with Crippen LogP contribution in [-0.2, 0) is 24.9 Å². The molecule has 1 aromatic carbocycles. The number of aromatic nitrogens is 2. The van der Waals surface area contributed by atoms with Crippen LogP contribution in [0.5, 0.6) is 0 Å². The first-order valence-corrected chi connectivity index (χ1v) is 9.64. The maximum atomic E-state index is 5.93. The first-order valence-electron chi connectivity index (χ1n) is 9.64. The molecule has 3 rings (SSSR count). The molecule has 154 valence electrons. The van der Waals surface area contributed by atoms with Crippen molar-refractivity contribution >= 4 is 29.9 Å². The molecule has 0 amide bonds. The lowest BCUT2D eigenvalue weighted by Crippen LogP contribution is -2.40. The van der Waals surface area contributed by atoms with Gasteiger partial charge in [0.1, 0.15) is 0 Å². The molecular formula is C21H32IN5O. The molecule has 0 saturated carbocycles. The van der Waals surface area contributed by atoms with E-state index in [0.29, 0.717) is 12.5 Å².